The fourth-order valence-corrected chi connectivity index (χ4v) is 2.24. The zero-order valence-electron chi connectivity index (χ0n) is 7.17. The van der Waals surface area contributed by atoms with Crippen LogP contribution in [0.3, 0.4) is 0 Å². The molecule has 0 saturated heterocycles. The Kier molecular flexibility index (Phi) is 4.41. The van der Waals surface area contributed by atoms with Gasteiger partial charge in [0.25, 0.3) is 0 Å². The number of halogens is 1. The highest BCUT2D eigenvalue weighted by molar-refractivity contribution is 9.10. The maximum absolute atomic E-state index is 11.0. The van der Waals surface area contributed by atoms with Crippen LogP contribution in [0.1, 0.15) is 4.88 Å². The van der Waals surface area contributed by atoms with E-state index in [4.69, 9.17) is 0 Å². The molecule has 1 aromatic rings. The Balaban J connectivity index is 2.35. The van der Waals surface area contributed by atoms with Gasteiger partial charge < -0.3 is 10.1 Å². The quantitative estimate of drug-likeness (QED) is 0.900. The first kappa shape index (κ1) is 10.7. The average molecular weight is 264 g/mol. The van der Waals surface area contributed by atoms with Crippen LogP contribution in [0.5, 0.6) is 0 Å². The van der Waals surface area contributed by atoms with Crippen molar-refractivity contribution < 1.29 is 9.53 Å². The van der Waals surface area contributed by atoms with E-state index in [0.29, 0.717) is 6.54 Å². The van der Waals surface area contributed by atoms with Gasteiger partial charge in [0.15, 0.2) is 0 Å². The van der Waals surface area contributed by atoms with Crippen LogP contribution in [0.25, 0.3) is 0 Å². The van der Waals surface area contributed by atoms with Gasteiger partial charge in [0, 0.05) is 16.5 Å². The van der Waals surface area contributed by atoms with Gasteiger partial charge in [0.1, 0.15) is 6.61 Å². The zero-order valence-corrected chi connectivity index (χ0v) is 9.57. The predicted octanol–water partition coefficient (Wildman–Crippen LogP) is 1.77. The molecule has 0 unspecified atom stereocenters. The highest BCUT2D eigenvalue weighted by atomic mass is 79.9. The SMILES string of the molecule is COCC(=O)NCc1sccc1Br. The molecule has 0 saturated carbocycles. The molecule has 0 spiro atoms. The van der Waals surface area contributed by atoms with Crippen molar-refractivity contribution in [3.63, 3.8) is 0 Å². The molecule has 0 atom stereocenters. The zero-order chi connectivity index (χ0) is 9.68. The van der Waals surface area contributed by atoms with E-state index in [1.165, 1.54) is 7.11 Å². The minimum Gasteiger partial charge on any atom is -0.375 e. The summed E-state index contributed by atoms with van der Waals surface area (Å²) in [6.07, 6.45) is 0. The summed E-state index contributed by atoms with van der Waals surface area (Å²) in [6.45, 7) is 0.670. The Hall–Kier alpha value is -0.390. The third-order valence-corrected chi connectivity index (χ3v) is 3.34. The van der Waals surface area contributed by atoms with E-state index < -0.39 is 0 Å². The summed E-state index contributed by atoms with van der Waals surface area (Å²) in [7, 11) is 1.50. The number of carbonyl (C=O) groups is 1. The molecule has 0 aliphatic rings. The molecule has 3 nitrogen and oxygen atoms in total. The van der Waals surface area contributed by atoms with Gasteiger partial charge in [-0.2, -0.15) is 0 Å². The minimum atomic E-state index is -0.0946. The normalized spacial score (nSPS) is 10.0. The molecule has 13 heavy (non-hydrogen) atoms. The topological polar surface area (TPSA) is 38.3 Å². The Morgan fingerprint density at radius 1 is 1.77 bits per heavy atom. The van der Waals surface area contributed by atoms with Crippen LogP contribution >= 0.6 is 27.3 Å². The number of hydrogen-bond acceptors (Lipinski definition) is 3. The minimum absolute atomic E-state index is 0.0946. The molecule has 0 bridgehead atoms. The number of ether oxygens (including phenoxy) is 1. The molecule has 1 heterocycles. The molecule has 1 aromatic heterocycles. The van der Waals surface area contributed by atoms with Gasteiger partial charge in [0.2, 0.25) is 5.91 Å². The molecule has 0 aliphatic carbocycles. The van der Waals surface area contributed by atoms with Crippen LogP contribution in [0.15, 0.2) is 15.9 Å². The first-order valence-corrected chi connectivity index (χ1v) is 5.39. The number of thiophene rings is 1. The molecule has 72 valence electrons. The van der Waals surface area contributed by atoms with E-state index in [1.807, 2.05) is 11.4 Å². The van der Waals surface area contributed by atoms with Crippen LogP contribution in [-0.2, 0) is 16.1 Å². The fraction of sp³-hybridized carbons (Fsp3) is 0.375. The van der Waals surface area contributed by atoms with Gasteiger partial charge in [-0.3, -0.25) is 4.79 Å². The number of nitrogens with one attached hydrogen (secondary N) is 1. The summed E-state index contributed by atoms with van der Waals surface area (Å²) >= 11 is 4.99. The van der Waals surface area contributed by atoms with E-state index in [2.05, 4.69) is 26.0 Å². The molecule has 1 N–H and O–H groups in total. The third kappa shape index (κ3) is 3.46. The van der Waals surface area contributed by atoms with Crippen molar-refractivity contribution >= 4 is 33.2 Å². The number of amides is 1. The number of methoxy groups -OCH3 is 1. The maximum atomic E-state index is 11.0. The van der Waals surface area contributed by atoms with Gasteiger partial charge in [-0.1, -0.05) is 0 Å². The van der Waals surface area contributed by atoms with Crippen molar-refractivity contribution in [2.75, 3.05) is 13.7 Å². The van der Waals surface area contributed by atoms with Crippen molar-refractivity contribution in [1.82, 2.24) is 5.32 Å². The second-order valence-corrected chi connectivity index (χ2v) is 4.26. The Bertz CT molecular complexity index is 287. The van der Waals surface area contributed by atoms with E-state index in [9.17, 15) is 4.79 Å². The lowest BCUT2D eigenvalue weighted by molar-refractivity contribution is -0.124. The predicted molar refractivity (Wildman–Crippen MR) is 55.7 cm³/mol. The molecular formula is C8H10BrNO2S. The van der Waals surface area contributed by atoms with E-state index in [-0.39, 0.29) is 12.5 Å². The standard InChI is InChI=1S/C8H10BrNO2S/c1-12-5-8(11)10-4-7-6(9)2-3-13-7/h2-3H,4-5H2,1H3,(H,10,11). The van der Waals surface area contributed by atoms with E-state index in [1.54, 1.807) is 11.3 Å². The first-order chi connectivity index (χ1) is 6.24. The van der Waals surface area contributed by atoms with Crippen molar-refractivity contribution in [1.29, 1.82) is 0 Å². The van der Waals surface area contributed by atoms with Crippen LogP contribution in [0.4, 0.5) is 0 Å². The molecular weight excluding hydrogens is 254 g/mol. The van der Waals surface area contributed by atoms with Crippen molar-refractivity contribution in [2.24, 2.45) is 0 Å². The highest BCUT2D eigenvalue weighted by Crippen LogP contribution is 2.21. The van der Waals surface area contributed by atoms with Crippen molar-refractivity contribution in [3.05, 3.63) is 20.8 Å². The molecule has 5 heteroatoms. The molecule has 0 aromatic carbocycles. The summed E-state index contributed by atoms with van der Waals surface area (Å²) in [4.78, 5) is 12.1. The Morgan fingerprint density at radius 2 is 2.54 bits per heavy atom. The Morgan fingerprint density at radius 3 is 3.08 bits per heavy atom. The number of rotatable bonds is 4. The number of carbonyl (C=O) groups excluding carboxylic acids is 1. The lowest BCUT2D eigenvalue weighted by atomic mass is 10.4. The summed E-state index contributed by atoms with van der Waals surface area (Å²) in [5.41, 5.74) is 0. The summed E-state index contributed by atoms with van der Waals surface area (Å²) in [6, 6.07) is 1.96. The van der Waals surface area contributed by atoms with Gasteiger partial charge in [-0.05, 0) is 27.4 Å². The summed E-state index contributed by atoms with van der Waals surface area (Å²) in [5, 5.41) is 4.72. The van der Waals surface area contributed by atoms with Gasteiger partial charge in [-0.15, -0.1) is 11.3 Å². The second kappa shape index (κ2) is 5.36. The molecule has 1 rings (SSSR count). The van der Waals surface area contributed by atoms with Crippen LogP contribution < -0.4 is 5.32 Å². The van der Waals surface area contributed by atoms with Crippen LogP contribution in [0, 0.1) is 0 Å². The van der Waals surface area contributed by atoms with E-state index >= 15 is 0 Å². The van der Waals surface area contributed by atoms with E-state index in [0.717, 1.165) is 9.35 Å². The maximum Gasteiger partial charge on any atom is 0.246 e. The summed E-state index contributed by atoms with van der Waals surface area (Å²) < 4.78 is 5.72. The first-order valence-electron chi connectivity index (χ1n) is 3.71. The van der Waals surface area contributed by atoms with Crippen LogP contribution in [0.2, 0.25) is 0 Å². The lowest BCUT2D eigenvalue weighted by Gasteiger charge is -2.02. The van der Waals surface area contributed by atoms with Crippen molar-refractivity contribution in [3.8, 4) is 0 Å². The van der Waals surface area contributed by atoms with Gasteiger partial charge in [0.05, 0.1) is 6.54 Å². The van der Waals surface area contributed by atoms with Crippen LogP contribution in [-0.4, -0.2) is 19.6 Å². The smallest absolute Gasteiger partial charge is 0.246 e. The monoisotopic (exact) mass is 263 g/mol. The largest absolute Gasteiger partial charge is 0.375 e. The van der Waals surface area contributed by atoms with Crippen molar-refractivity contribution in [2.45, 2.75) is 6.54 Å². The molecule has 0 fully saturated rings. The van der Waals surface area contributed by atoms with Gasteiger partial charge >= 0.3 is 0 Å². The lowest BCUT2D eigenvalue weighted by Crippen LogP contribution is -2.26. The Labute approximate surface area is 89.2 Å². The third-order valence-electron chi connectivity index (χ3n) is 1.41. The molecule has 0 radical (unpaired) electrons. The fourth-order valence-electron chi connectivity index (χ4n) is 0.812. The highest BCUT2D eigenvalue weighted by Gasteiger charge is 2.03. The average Bonchev–Trinajstić information content (AvgIpc) is 2.48. The molecule has 1 amide bonds. The number of hydrogen-bond donors (Lipinski definition) is 1. The van der Waals surface area contributed by atoms with Gasteiger partial charge in [-0.25, -0.2) is 0 Å². The second-order valence-electron chi connectivity index (χ2n) is 2.40. The summed E-state index contributed by atoms with van der Waals surface area (Å²) in [5.74, 6) is -0.0946. The molecule has 0 aliphatic heterocycles.